The van der Waals surface area contributed by atoms with E-state index < -0.39 is 5.91 Å². The summed E-state index contributed by atoms with van der Waals surface area (Å²) in [5.74, 6) is -0.0184. The summed E-state index contributed by atoms with van der Waals surface area (Å²) in [5, 5.41) is 0. The van der Waals surface area contributed by atoms with E-state index in [9.17, 15) is 9.59 Å². The summed E-state index contributed by atoms with van der Waals surface area (Å²) in [5.41, 5.74) is 1.64. The molecule has 0 aliphatic heterocycles. The van der Waals surface area contributed by atoms with Crippen molar-refractivity contribution < 1.29 is 23.8 Å². The summed E-state index contributed by atoms with van der Waals surface area (Å²) < 4.78 is 18.2. The van der Waals surface area contributed by atoms with Crippen LogP contribution in [0.15, 0.2) is 41.4 Å². The number of aryl methyl sites for hydroxylation is 1. The molecule has 3 rings (SSSR count). The minimum Gasteiger partial charge on any atom is -0.493 e. The van der Waals surface area contributed by atoms with Crippen LogP contribution in [0.2, 0.25) is 0 Å². The Balaban J connectivity index is 2.06. The van der Waals surface area contributed by atoms with E-state index in [1.807, 2.05) is 13.1 Å². The molecule has 28 heavy (non-hydrogen) atoms. The standard InChI is InChI=1S/C20H20N2O5S/c1-5-27-19(24)12-9-10-14-16(11-12)28-20(22(14)2)21-18(23)13-7-6-8-15(25-3)17(13)26-4/h6-11H,5H2,1-4H3. The number of ether oxygens (including phenoxy) is 3. The van der Waals surface area contributed by atoms with Crippen molar-refractivity contribution in [2.24, 2.45) is 12.0 Å². The lowest BCUT2D eigenvalue weighted by Gasteiger charge is -2.09. The van der Waals surface area contributed by atoms with Gasteiger partial charge in [0.1, 0.15) is 0 Å². The Kier molecular flexibility index (Phi) is 5.79. The first-order chi connectivity index (χ1) is 13.5. The zero-order chi connectivity index (χ0) is 20.3. The minimum atomic E-state index is -0.441. The van der Waals surface area contributed by atoms with Gasteiger partial charge < -0.3 is 18.8 Å². The molecule has 0 atom stereocenters. The van der Waals surface area contributed by atoms with Crippen molar-refractivity contribution >= 4 is 33.4 Å². The first-order valence-corrected chi connectivity index (χ1v) is 9.38. The number of esters is 1. The SMILES string of the molecule is CCOC(=O)c1ccc2c(c1)sc(=NC(=O)c1cccc(OC)c1OC)n2C. The molecule has 0 aliphatic carbocycles. The molecule has 0 fully saturated rings. The van der Waals surface area contributed by atoms with Crippen molar-refractivity contribution in [1.29, 1.82) is 0 Å². The van der Waals surface area contributed by atoms with E-state index in [0.717, 1.165) is 10.2 Å². The van der Waals surface area contributed by atoms with Gasteiger partial charge in [0.2, 0.25) is 0 Å². The predicted molar refractivity (Wildman–Crippen MR) is 106 cm³/mol. The molecular formula is C20H20N2O5S. The molecule has 0 saturated carbocycles. The molecule has 1 amide bonds. The molecule has 1 heterocycles. The Morgan fingerprint density at radius 2 is 1.93 bits per heavy atom. The Hall–Kier alpha value is -3.13. The highest BCUT2D eigenvalue weighted by Gasteiger charge is 2.17. The molecule has 7 nitrogen and oxygen atoms in total. The Labute approximate surface area is 165 Å². The summed E-state index contributed by atoms with van der Waals surface area (Å²) in [7, 11) is 4.80. The van der Waals surface area contributed by atoms with Gasteiger partial charge in [-0.1, -0.05) is 17.4 Å². The van der Waals surface area contributed by atoms with Gasteiger partial charge in [0.25, 0.3) is 5.91 Å². The third-order valence-corrected chi connectivity index (χ3v) is 5.25. The van der Waals surface area contributed by atoms with Gasteiger partial charge in [-0.2, -0.15) is 4.99 Å². The number of carbonyl (C=O) groups is 2. The number of nitrogens with zero attached hydrogens (tertiary/aromatic N) is 2. The molecule has 0 aliphatic rings. The molecule has 0 bridgehead atoms. The second kappa shape index (κ2) is 8.26. The fourth-order valence-electron chi connectivity index (χ4n) is 2.78. The third kappa shape index (κ3) is 3.63. The lowest BCUT2D eigenvalue weighted by molar-refractivity contribution is 0.0526. The van der Waals surface area contributed by atoms with Crippen molar-refractivity contribution in [2.75, 3.05) is 20.8 Å². The second-order valence-corrected chi connectivity index (χ2v) is 6.81. The molecule has 146 valence electrons. The number of aromatic nitrogens is 1. The van der Waals surface area contributed by atoms with Crippen LogP contribution < -0.4 is 14.3 Å². The van der Waals surface area contributed by atoms with Crippen LogP contribution in [0.4, 0.5) is 0 Å². The lowest BCUT2D eigenvalue weighted by atomic mass is 10.2. The highest BCUT2D eigenvalue weighted by molar-refractivity contribution is 7.16. The maximum absolute atomic E-state index is 12.8. The number of fused-ring (bicyclic) bond motifs is 1. The van der Waals surface area contributed by atoms with E-state index >= 15 is 0 Å². The summed E-state index contributed by atoms with van der Waals surface area (Å²) in [6, 6.07) is 10.3. The van der Waals surface area contributed by atoms with Gasteiger partial charge in [0.15, 0.2) is 16.3 Å². The van der Waals surface area contributed by atoms with Crippen LogP contribution in [0.25, 0.3) is 10.2 Å². The highest BCUT2D eigenvalue weighted by Crippen LogP contribution is 2.31. The summed E-state index contributed by atoms with van der Waals surface area (Å²) in [4.78, 5) is 29.5. The quantitative estimate of drug-likeness (QED) is 0.615. The third-order valence-electron chi connectivity index (χ3n) is 4.15. The van der Waals surface area contributed by atoms with Crippen LogP contribution in [0.1, 0.15) is 27.6 Å². The van der Waals surface area contributed by atoms with Gasteiger partial charge >= 0.3 is 5.97 Å². The number of hydrogen-bond donors (Lipinski definition) is 0. The molecule has 0 N–H and O–H groups in total. The van der Waals surface area contributed by atoms with Crippen LogP contribution in [-0.4, -0.2) is 37.3 Å². The number of rotatable bonds is 5. The first-order valence-electron chi connectivity index (χ1n) is 8.56. The van der Waals surface area contributed by atoms with Crippen LogP contribution in [-0.2, 0) is 11.8 Å². The maximum atomic E-state index is 12.8. The van der Waals surface area contributed by atoms with Gasteiger partial charge in [-0.25, -0.2) is 4.79 Å². The fraction of sp³-hybridized carbons (Fsp3) is 0.250. The molecule has 3 aromatic rings. The molecular weight excluding hydrogens is 380 g/mol. The van der Waals surface area contributed by atoms with E-state index in [0.29, 0.717) is 34.0 Å². The monoisotopic (exact) mass is 400 g/mol. The second-order valence-electron chi connectivity index (χ2n) is 5.80. The molecule has 2 aromatic carbocycles. The van der Waals surface area contributed by atoms with Crippen LogP contribution in [0, 0.1) is 0 Å². The van der Waals surface area contributed by atoms with E-state index in [1.165, 1.54) is 25.6 Å². The fourth-order valence-corrected chi connectivity index (χ4v) is 3.84. The van der Waals surface area contributed by atoms with Crippen LogP contribution in [0.5, 0.6) is 11.5 Å². The smallest absolute Gasteiger partial charge is 0.338 e. The van der Waals surface area contributed by atoms with E-state index in [1.54, 1.807) is 41.8 Å². The van der Waals surface area contributed by atoms with Gasteiger partial charge in [-0.15, -0.1) is 0 Å². The van der Waals surface area contributed by atoms with Crippen molar-refractivity contribution in [2.45, 2.75) is 6.92 Å². The Morgan fingerprint density at radius 1 is 1.14 bits per heavy atom. The summed E-state index contributed by atoms with van der Waals surface area (Å²) >= 11 is 1.32. The van der Waals surface area contributed by atoms with Crippen molar-refractivity contribution in [3.05, 3.63) is 52.3 Å². The molecule has 1 aromatic heterocycles. The Bertz CT molecular complexity index is 1110. The average molecular weight is 400 g/mol. The number of benzene rings is 2. The number of carbonyl (C=O) groups excluding carboxylic acids is 2. The normalized spacial score (nSPS) is 11.5. The highest BCUT2D eigenvalue weighted by atomic mass is 32.1. The minimum absolute atomic E-state index is 0.312. The molecule has 0 radical (unpaired) electrons. The van der Waals surface area contributed by atoms with Gasteiger partial charge in [0.05, 0.1) is 42.2 Å². The van der Waals surface area contributed by atoms with E-state index in [2.05, 4.69) is 4.99 Å². The first kappa shape index (κ1) is 19.6. The van der Waals surface area contributed by atoms with Crippen molar-refractivity contribution in [3.63, 3.8) is 0 Å². The number of thiazole rings is 1. The van der Waals surface area contributed by atoms with Gasteiger partial charge in [-0.05, 0) is 37.3 Å². The summed E-state index contributed by atoms with van der Waals surface area (Å²) in [6.07, 6.45) is 0. The van der Waals surface area contributed by atoms with Crippen LogP contribution in [0.3, 0.4) is 0 Å². The number of para-hydroxylation sites is 1. The summed E-state index contributed by atoms with van der Waals surface area (Å²) in [6.45, 7) is 2.07. The number of amides is 1. The molecule has 0 spiro atoms. The van der Waals surface area contributed by atoms with E-state index in [-0.39, 0.29) is 5.97 Å². The predicted octanol–water partition coefficient (Wildman–Crippen LogP) is 3.17. The van der Waals surface area contributed by atoms with Crippen molar-refractivity contribution in [3.8, 4) is 11.5 Å². The Morgan fingerprint density at radius 3 is 2.61 bits per heavy atom. The van der Waals surface area contributed by atoms with Crippen molar-refractivity contribution in [1.82, 2.24) is 4.57 Å². The zero-order valence-electron chi connectivity index (χ0n) is 16.0. The maximum Gasteiger partial charge on any atom is 0.338 e. The lowest BCUT2D eigenvalue weighted by Crippen LogP contribution is -2.14. The number of hydrogen-bond acceptors (Lipinski definition) is 6. The largest absolute Gasteiger partial charge is 0.493 e. The zero-order valence-corrected chi connectivity index (χ0v) is 16.8. The number of methoxy groups -OCH3 is 2. The topological polar surface area (TPSA) is 79.1 Å². The molecule has 8 heteroatoms. The van der Waals surface area contributed by atoms with Crippen LogP contribution >= 0.6 is 11.3 Å². The molecule has 0 saturated heterocycles. The van der Waals surface area contributed by atoms with Gasteiger partial charge in [0, 0.05) is 7.05 Å². The van der Waals surface area contributed by atoms with Gasteiger partial charge in [-0.3, -0.25) is 4.79 Å². The van der Waals surface area contributed by atoms with E-state index in [4.69, 9.17) is 14.2 Å². The average Bonchev–Trinajstić information content (AvgIpc) is 3.02. The molecule has 0 unspecified atom stereocenters.